The van der Waals surface area contributed by atoms with Gasteiger partial charge in [0.05, 0.1) is 23.9 Å². The molecule has 6 aromatic rings. The lowest BCUT2D eigenvalue weighted by molar-refractivity contribution is -0.141. The smallest absolute Gasteiger partial charge is 0.417 e. The first kappa shape index (κ1) is 37.8. The molecule has 8 nitrogen and oxygen atoms in total. The number of halogens is 1. The number of amides is 2. The van der Waals surface area contributed by atoms with E-state index in [9.17, 15) is 9.59 Å². The van der Waals surface area contributed by atoms with Gasteiger partial charge in [0, 0.05) is 56.5 Å². The Balaban J connectivity index is 1.05. The summed E-state index contributed by atoms with van der Waals surface area (Å²) in [4.78, 5) is 34.1. The van der Waals surface area contributed by atoms with Crippen molar-refractivity contribution in [1.82, 2.24) is 14.5 Å². The molecule has 2 aromatic heterocycles. The van der Waals surface area contributed by atoms with E-state index in [-0.39, 0.29) is 5.91 Å². The molecular formula is C46H44ClN3O5S. The predicted molar refractivity (Wildman–Crippen MR) is 221 cm³/mol. The van der Waals surface area contributed by atoms with Crippen LogP contribution < -0.4 is 4.74 Å². The Bertz CT molecular complexity index is 2330. The van der Waals surface area contributed by atoms with E-state index >= 15 is 0 Å². The van der Waals surface area contributed by atoms with Gasteiger partial charge < -0.3 is 18.8 Å². The number of thioether (sulfide) groups is 1. The minimum atomic E-state index is -0.789. The molecule has 1 unspecified atom stereocenters. The highest BCUT2D eigenvalue weighted by atomic mass is 35.5. The molecule has 8 rings (SSSR count). The number of nitrogens with zero attached hydrogens (tertiary/aromatic N) is 3. The lowest BCUT2D eigenvalue weighted by atomic mass is 10.0. The lowest BCUT2D eigenvalue weighted by Crippen LogP contribution is -2.45. The molecule has 286 valence electrons. The molecule has 0 radical (unpaired) electrons. The maximum atomic E-state index is 13.9. The van der Waals surface area contributed by atoms with Crippen molar-refractivity contribution in [3.05, 3.63) is 148 Å². The number of imide groups is 1. The summed E-state index contributed by atoms with van der Waals surface area (Å²) in [6.07, 6.45) is 1.81. The largest absolute Gasteiger partial charge is 0.487 e. The van der Waals surface area contributed by atoms with E-state index in [0.717, 1.165) is 51.3 Å². The Kier molecular flexibility index (Phi) is 11.2. The fourth-order valence-corrected chi connectivity index (χ4v) is 9.30. The molecule has 0 N–H and O–H groups in total. The van der Waals surface area contributed by atoms with Crippen LogP contribution in [0.1, 0.15) is 61.4 Å². The van der Waals surface area contributed by atoms with E-state index in [1.165, 1.54) is 20.7 Å². The topological polar surface area (TPSA) is 82.9 Å². The summed E-state index contributed by atoms with van der Waals surface area (Å²) >= 11 is 8.15. The van der Waals surface area contributed by atoms with Crippen molar-refractivity contribution in [3.63, 3.8) is 0 Å². The fourth-order valence-electron chi connectivity index (χ4n) is 7.83. The molecule has 1 saturated heterocycles. The van der Waals surface area contributed by atoms with Gasteiger partial charge in [-0.25, -0.2) is 9.69 Å². The van der Waals surface area contributed by atoms with Crippen LogP contribution in [-0.2, 0) is 40.3 Å². The standard InChI is InChI=1S/C46H44ClN3O5S/c1-4-40(45(51)50-30(3)43(55-46(50)52)33-13-9-6-10-14-33)53-24-23-39-44-42-37(25-29(2)56-44)41(22-21-38(42)49(39)27-31-15-18-35(47)19-16-31)54-28-36-20-17-34(26-48-36)32-11-7-5-8-12-32/h5-22,26,29-30,40,43H,4,23-25,27-28H2,1-3H3/t29?,30-,40+,43-/m0/s1. The summed E-state index contributed by atoms with van der Waals surface area (Å²) in [6, 6.07) is 35.6. The first-order chi connectivity index (χ1) is 27.3. The Morgan fingerprint density at radius 1 is 0.946 bits per heavy atom. The third kappa shape index (κ3) is 7.68. The third-order valence-corrected chi connectivity index (χ3v) is 12.2. The summed E-state index contributed by atoms with van der Waals surface area (Å²) in [6.45, 7) is 7.30. The van der Waals surface area contributed by atoms with Gasteiger partial charge in [-0.05, 0) is 66.8 Å². The molecule has 0 bridgehead atoms. The molecule has 2 amide bonds. The highest BCUT2D eigenvalue weighted by Gasteiger charge is 2.45. The van der Waals surface area contributed by atoms with Crippen molar-refractivity contribution in [1.29, 1.82) is 0 Å². The molecule has 56 heavy (non-hydrogen) atoms. The third-order valence-electron chi connectivity index (χ3n) is 10.7. The Morgan fingerprint density at radius 3 is 2.41 bits per heavy atom. The second kappa shape index (κ2) is 16.6. The quantitative estimate of drug-likeness (QED) is 0.115. The summed E-state index contributed by atoms with van der Waals surface area (Å²) in [5, 5.41) is 2.21. The highest BCUT2D eigenvalue weighted by molar-refractivity contribution is 8.00. The van der Waals surface area contributed by atoms with Crippen molar-refractivity contribution < 1.29 is 23.8 Å². The number of carbonyl (C=O) groups excluding carboxylic acids is 2. The maximum absolute atomic E-state index is 13.9. The van der Waals surface area contributed by atoms with E-state index < -0.39 is 24.3 Å². The molecule has 1 fully saturated rings. The zero-order valence-corrected chi connectivity index (χ0v) is 33.3. The van der Waals surface area contributed by atoms with E-state index in [0.29, 0.717) is 42.9 Å². The zero-order valence-electron chi connectivity index (χ0n) is 31.7. The van der Waals surface area contributed by atoms with Gasteiger partial charge in [0.2, 0.25) is 0 Å². The second-order valence-corrected chi connectivity index (χ2v) is 16.3. The van der Waals surface area contributed by atoms with Crippen molar-refractivity contribution in [2.75, 3.05) is 6.61 Å². The molecule has 2 aliphatic heterocycles. The summed E-state index contributed by atoms with van der Waals surface area (Å²) in [5.74, 6) is 0.492. The summed E-state index contributed by atoms with van der Waals surface area (Å²) in [5.41, 5.74) is 8.50. The van der Waals surface area contributed by atoms with Crippen molar-refractivity contribution in [3.8, 4) is 16.9 Å². The van der Waals surface area contributed by atoms with Crippen molar-refractivity contribution in [2.24, 2.45) is 0 Å². The van der Waals surface area contributed by atoms with Crippen LogP contribution in [0.4, 0.5) is 4.79 Å². The maximum Gasteiger partial charge on any atom is 0.417 e. The Morgan fingerprint density at radius 2 is 1.70 bits per heavy atom. The molecule has 10 heteroatoms. The van der Waals surface area contributed by atoms with Gasteiger partial charge in [-0.2, -0.15) is 0 Å². The highest BCUT2D eigenvalue weighted by Crippen LogP contribution is 2.47. The van der Waals surface area contributed by atoms with E-state index in [2.05, 4.69) is 54.0 Å². The minimum Gasteiger partial charge on any atom is -0.487 e. The number of hydrogen-bond donors (Lipinski definition) is 0. The van der Waals surface area contributed by atoms with Crippen LogP contribution in [0, 0.1) is 0 Å². The van der Waals surface area contributed by atoms with Gasteiger partial charge in [0.1, 0.15) is 24.6 Å². The van der Waals surface area contributed by atoms with E-state index in [4.69, 9.17) is 30.8 Å². The van der Waals surface area contributed by atoms with Crippen molar-refractivity contribution >= 4 is 46.3 Å². The van der Waals surface area contributed by atoms with E-state index in [1.54, 1.807) is 0 Å². The number of rotatable bonds is 13. The molecular weight excluding hydrogens is 742 g/mol. The number of hydrogen-bond acceptors (Lipinski definition) is 7. The van der Waals surface area contributed by atoms with Gasteiger partial charge in [-0.1, -0.05) is 104 Å². The van der Waals surface area contributed by atoms with Crippen molar-refractivity contribution in [2.45, 2.75) is 81.6 Å². The van der Waals surface area contributed by atoms with Crippen LogP contribution in [0.15, 0.2) is 120 Å². The van der Waals surface area contributed by atoms with Crippen LogP contribution in [-0.4, -0.2) is 50.5 Å². The van der Waals surface area contributed by atoms with Crippen LogP contribution in [0.2, 0.25) is 5.02 Å². The van der Waals surface area contributed by atoms with Crippen LogP contribution in [0.25, 0.3) is 22.0 Å². The first-order valence-corrected chi connectivity index (χ1v) is 20.5. The number of cyclic esters (lactones) is 1. The van der Waals surface area contributed by atoms with Gasteiger partial charge in [-0.15, -0.1) is 11.8 Å². The normalized spacial score (nSPS) is 18.2. The SMILES string of the molecule is CC[C@@H](OCCc1c2c3c(c(OCc4ccc(-c5ccccc5)cn4)ccc3n1Cc1ccc(Cl)cc1)CC(C)S2)C(=O)N1C(=O)O[C@H](c2ccccc2)[C@@H]1C. The Hall–Kier alpha value is -5.09. The molecule has 4 aromatic carbocycles. The lowest BCUT2D eigenvalue weighted by Gasteiger charge is -2.24. The summed E-state index contributed by atoms with van der Waals surface area (Å²) < 4.78 is 21.0. The Labute approximate surface area is 336 Å². The molecule has 0 aliphatic carbocycles. The number of aromatic nitrogens is 2. The number of benzene rings is 4. The van der Waals surface area contributed by atoms with Crippen LogP contribution in [0.3, 0.4) is 0 Å². The fraction of sp³-hybridized carbons (Fsp3) is 0.283. The number of carbonyl (C=O) groups is 2. The summed E-state index contributed by atoms with van der Waals surface area (Å²) in [7, 11) is 0. The average Bonchev–Trinajstić information content (AvgIpc) is 3.69. The molecule has 4 atom stereocenters. The van der Waals surface area contributed by atoms with E-state index in [1.807, 2.05) is 98.5 Å². The number of pyridine rings is 1. The minimum absolute atomic E-state index is 0.297. The molecule has 4 heterocycles. The number of ether oxygens (including phenoxy) is 3. The van der Waals surface area contributed by atoms with Crippen LogP contribution in [0.5, 0.6) is 5.75 Å². The zero-order chi connectivity index (χ0) is 38.8. The van der Waals surface area contributed by atoms with Gasteiger partial charge >= 0.3 is 6.09 Å². The van der Waals surface area contributed by atoms with Gasteiger partial charge in [0.15, 0.2) is 0 Å². The molecule has 0 saturated carbocycles. The molecule has 2 aliphatic rings. The monoisotopic (exact) mass is 785 g/mol. The predicted octanol–water partition coefficient (Wildman–Crippen LogP) is 10.5. The molecule has 0 spiro atoms. The van der Waals surface area contributed by atoms with Gasteiger partial charge in [0.25, 0.3) is 5.91 Å². The van der Waals surface area contributed by atoms with Crippen LogP contribution >= 0.6 is 23.4 Å². The average molecular weight is 786 g/mol. The second-order valence-electron chi connectivity index (χ2n) is 14.4. The van der Waals surface area contributed by atoms with Gasteiger partial charge in [-0.3, -0.25) is 9.78 Å². The first-order valence-electron chi connectivity index (χ1n) is 19.2.